The minimum absolute atomic E-state index is 0.0277. The van der Waals surface area contributed by atoms with Crippen LogP contribution < -0.4 is 58.9 Å². The van der Waals surface area contributed by atoms with E-state index in [1.165, 1.54) is 40.7 Å². The molecular formula is C56H88N12O20. The van der Waals surface area contributed by atoms with Gasteiger partial charge in [0.15, 0.2) is 6.10 Å². The number of fused-ring (bicyclic) bond motifs is 1. The first kappa shape index (κ1) is 75.5. The fourth-order valence-electron chi connectivity index (χ4n) is 9.25. The number of aliphatic hydroxyl groups excluding tert-OH is 1. The van der Waals surface area contributed by atoms with Crippen molar-refractivity contribution in [2.24, 2.45) is 41.2 Å². The van der Waals surface area contributed by atoms with Gasteiger partial charge in [-0.05, 0) is 89.5 Å². The Morgan fingerprint density at radius 2 is 1.23 bits per heavy atom. The number of rotatable bonds is 22. The number of aliphatic hydroxyl groups is 1. The van der Waals surface area contributed by atoms with E-state index in [-0.39, 0.29) is 38.8 Å². The molecule has 0 aromatic heterocycles. The molecule has 0 radical (unpaired) electrons. The standard InChI is InChI=1S/C56H88N12O20/c1-25(2)17-13-11-12-14-19-35(69)62-40(29(8)54(83)84)50(79)66-42-31(10)59-47(76)34-21-28(7)24-68(34)53(82)39(27(5)6)65-49(78)41(30(9)55(85)86)63-36(70)23-58-45(74)33(22-37(71)72)61-52(81)43(44(73)56(87)88)67-46(75)32(18-15-16-20-57)60-48(77)38(26(3)4)64-51(42)80/h11-12,14,19,25-34,38-44,73H,13,15-18,20-24,57H2,1-10H3,(H,58,74)(H,59,76)(H,60,77)(H,61,81)(H,62,69)(H,63,70)(H,64,80)(H,65,78)(H,66,79)(H,67,75)(H,71,72)(H,83,84)(H,85,86)(H,87,88)/b12-11-,19-14+/t28-,29+,30-,31-,32+,33+,34+,38-,39+,40+,41-,42+,43+,44-/m1/s1. The van der Waals surface area contributed by atoms with Crippen LogP contribution in [0.4, 0.5) is 0 Å². The number of aliphatic carboxylic acids is 4. The molecule has 11 amide bonds. The zero-order chi connectivity index (χ0) is 67.0. The van der Waals surface area contributed by atoms with Crippen molar-refractivity contribution in [1.29, 1.82) is 0 Å². The van der Waals surface area contributed by atoms with Crippen LogP contribution in [0.1, 0.15) is 114 Å². The smallest absolute Gasteiger partial charge is 0.335 e. The predicted molar refractivity (Wildman–Crippen MR) is 310 cm³/mol. The first-order chi connectivity index (χ1) is 41.0. The minimum Gasteiger partial charge on any atom is -0.481 e. The summed E-state index contributed by atoms with van der Waals surface area (Å²) in [6.07, 6.45) is 3.09. The van der Waals surface area contributed by atoms with Crippen molar-refractivity contribution in [3.63, 3.8) is 0 Å². The number of hydrogen-bond acceptors (Lipinski definition) is 17. The maximum atomic E-state index is 14.8. The van der Waals surface area contributed by atoms with Gasteiger partial charge in [-0.25, -0.2) is 4.79 Å². The van der Waals surface area contributed by atoms with E-state index in [1.54, 1.807) is 19.1 Å². The Bertz CT molecular complexity index is 2630. The van der Waals surface area contributed by atoms with Gasteiger partial charge in [0.25, 0.3) is 0 Å². The molecular weight excluding hydrogens is 1160 g/mol. The first-order valence-corrected chi connectivity index (χ1v) is 29.0. The van der Waals surface area contributed by atoms with Crippen LogP contribution in [0.5, 0.6) is 0 Å². The van der Waals surface area contributed by atoms with Crippen LogP contribution in [0.25, 0.3) is 0 Å². The van der Waals surface area contributed by atoms with Crippen LogP contribution in [-0.2, 0) is 71.9 Å². The summed E-state index contributed by atoms with van der Waals surface area (Å²) in [5.74, 6) is -25.6. The number of carboxylic acid groups (broad SMARTS) is 4. The molecule has 2 aliphatic rings. The van der Waals surface area contributed by atoms with E-state index in [2.05, 4.69) is 37.2 Å². The number of hydrogen-bond donors (Lipinski definition) is 16. The molecule has 2 heterocycles. The predicted octanol–water partition coefficient (Wildman–Crippen LogP) is -3.91. The number of unbranched alkanes of at least 4 members (excludes halogenated alkanes) is 1. The van der Waals surface area contributed by atoms with Crippen LogP contribution in [0.3, 0.4) is 0 Å². The topological polar surface area (TPSA) is 507 Å². The highest BCUT2D eigenvalue weighted by Crippen LogP contribution is 2.26. The number of carboxylic acids is 4. The molecule has 492 valence electrons. The Morgan fingerprint density at radius 1 is 0.648 bits per heavy atom. The average Bonchev–Trinajstić information content (AvgIpc) is 1.69. The molecule has 2 aliphatic heterocycles. The van der Waals surface area contributed by atoms with E-state index in [4.69, 9.17) is 5.73 Å². The van der Waals surface area contributed by atoms with Gasteiger partial charge in [0.05, 0.1) is 30.8 Å². The quantitative estimate of drug-likeness (QED) is 0.0280. The van der Waals surface area contributed by atoms with E-state index >= 15 is 0 Å². The highest BCUT2D eigenvalue weighted by Gasteiger charge is 2.45. The van der Waals surface area contributed by atoms with Gasteiger partial charge >= 0.3 is 23.9 Å². The second-order valence-electron chi connectivity index (χ2n) is 23.1. The number of nitrogens with zero attached hydrogens (tertiary/aromatic N) is 1. The summed E-state index contributed by atoms with van der Waals surface area (Å²) >= 11 is 0. The Morgan fingerprint density at radius 3 is 1.78 bits per heavy atom. The van der Waals surface area contributed by atoms with Crippen LogP contribution in [0.2, 0.25) is 0 Å². The average molecular weight is 1250 g/mol. The molecule has 2 saturated heterocycles. The summed E-state index contributed by atoms with van der Waals surface area (Å²) in [5.41, 5.74) is 5.69. The molecule has 14 atom stereocenters. The lowest BCUT2D eigenvalue weighted by Crippen LogP contribution is -2.65. The summed E-state index contributed by atoms with van der Waals surface area (Å²) in [4.78, 5) is 205. The minimum atomic E-state index is -2.84. The number of carbonyl (C=O) groups excluding carboxylic acids is 11. The third kappa shape index (κ3) is 23.6. The molecule has 2 rings (SSSR count). The van der Waals surface area contributed by atoms with Crippen molar-refractivity contribution in [3.8, 4) is 0 Å². The third-order valence-electron chi connectivity index (χ3n) is 14.6. The first-order valence-electron chi connectivity index (χ1n) is 29.0. The fourth-order valence-corrected chi connectivity index (χ4v) is 9.25. The number of carbonyl (C=O) groups is 15. The van der Waals surface area contributed by atoms with Crippen molar-refractivity contribution < 1.29 is 97.5 Å². The van der Waals surface area contributed by atoms with Crippen molar-refractivity contribution in [3.05, 3.63) is 24.3 Å². The van der Waals surface area contributed by atoms with E-state index in [1.807, 2.05) is 29.8 Å². The third-order valence-corrected chi connectivity index (χ3v) is 14.6. The lowest BCUT2D eigenvalue weighted by atomic mass is 9.97. The van der Waals surface area contributed by atoms with Gasteiger partial charge in [0, 0.05) is 12.6 Å². The number of allylic oxidation sites excluding steroid dienone is 3. The van der Waals surface area contributed by atoms with Gasteiger partial charge in [-0.3, -0.25) is 67.1 Å². The maximum absolute atomic E-state index is 14.8. The molecule has 32 nitrogen and oxygen atoms in total. The van der Waals surface area contributed by atoms with Crippen LogP contribution in [-0.4, -0.2) is 205 Å². The summed E-state index contributed by atoms with van der Waals surface area (Å²) in [5, 5.41) is 73.1. The van der Waals surface area contributed by atoms with Gasteiger partial charge in [0.2, 0.25) is 65.0 Å². The Balaban J connectivity index is 2.97. The molecule has 0 aliphatic carbocycles. The van der Waals surface area contributed by atoms with E-state index in [0.29, 0.717) is 12.3 Å². The van der Waals surface area contributed by atoms with Gasteiger partial charge in [-0.1, -0.05) is 66.7 Å². The Labute approximate surface area is 508 Å². The molecule has 0 aromatic carbocycles. The molecule has 0 saturated carbocycles. The molecule has 32 heteroatoms. The SMILES string of the molecule is CC(C)CC/C=C\C=C\C(=O)N[C@H](C(=O)N[C@@H]1C(=O)N[C@H](C(C)C)C(=O)N[C@@H](CCCCN)C(=O)N[C@@H]([C@@H](O)C(=O)O)C(=O)N[C@@H](CC(=O)O)C(=O)NCC(=O)N[C@H]([C@@H](C)C(=O)O)C(=O)N[C@@H](C(C)C)C(=O)N2C[C@H](C)C[C@H]2C(=O)N[C@@H]1C)[C@H](C)C(=O)O. The second-order valence-corrected chi connectivity index (χ2v) is 23.1. The largest absolute Gasteiger partial charge is 0.481 e. The van der Waals surface area contributed by atoms with Crippen molar-refractivity contribution >= 4 is 88.9 Å². The lowest BCUT2D eigenvalue weighted by Gasteiger charge is -2.34. The number of nitrogens with two attached hydrogens (primary N) is 1. The van der Waals surface area contributed by atoms with Crippen molar-refractivity contribution in [2.75, 3.05) is 19.6 Å². The highest BCUT2D eigenvalue weighted by atomic mass is 16.4. The van der Waals surface area contributed by atoms with E-state index in [0.717, 1.165) is 31.2 Å². The summed E-state index contributed by atoms with van der Waals surface area (Å²) in [6, 6.07) is -18.6. The molecule has 88 heavy (non-hydrogen) atoms. The normalized spacial score (nSPS) is 25.9. The molecule has 0 bridgehead atoms. The molecule has 0 aromatic rings. The maximum Gasteiger partial charge on any atom is 0.335 e. The number of nitrogens with one attached hydrogen (secondary N) is 10. The Kier molecular flexibility index (Phi) is 30.8. The monoisotopic (exact) mass is 1250 g/mol. The summed E-state index contributed by atoms with van der Waals surface area (Å²) < 4.78 is 0. The van der Waals surface area contributed by atoms with Gasteiger partial charge < -0.3 is 89.3 Å². The van der Waals surface area contributed by atoms with Crippen LogP contribution >= 0.6 is 0 Å². The Hall–Kier alpha value is -8.55. The van der Waals surface area contributed by atoms with Gasteiger partial charge in [0.1, 0.15) is 54.4 Å². The van der Waals surface area contributed by atoms with Crippen LogP contribution in [0, 0.1) is 35.5 Å². The van der Waals surface area contributed by atoms with E-state index in [9.17, 15) is 97.5 Å². The molecule has 17 N–H and O–H groups in total. The van der Waals surface area contributed by atoms with Crippen molar-refractivity contribution in [1.82, 2.24) is 58.1 Å². The molecule has 0 unspecified atom stereocenters. The summed E-state index contributed by atoms with van der Waals surface area (Å²) in [6.45, 7) is 13.8. The summed E-state index contributed by atoms with van der Waals surface area (Å²) in [7, 11) is 0. The highest BCUT2D eigenvalue weighted by molar-refractivity contribution is 6.02. The number of amides is 11. The second kappa shape index (κ2) is 35.9. The van der Waals surface area contributed by atoms with Crippen LogP contribution in [0.15, 0.2) is 24.3 Å². The van der Waals surface area contributed by atoms with Gasteiger partial charge in [-0.15, -0.1) is 0 Å². The van der Waals surface area contributed by atoms with Gasteiger partial charge in [-0.2, -0.15) is 0 Å². The van der Waals surface area contributed by atoms with E-state index < -0.39 is 198 Å². The van der Waals surface area contributed by atoms with Crippen molar-refractivity contribution in [2.45, 2.75) is 181 Å². The zero-order valence-corrected chi connectivity index (χ0v) is 51.1. The molecule has 0 spiro atoms. The lowest BCUT2D eigenvalue weighted by molar-refractivity contribution is -0.153. The zero-order valence-electron chi connectivity index (χ0n) is 51.1. The fraction of sp³-hybridized carbons (Fsp3) is 0.661. The molecule has 2 fully saturated rings.